The Labute approximate surface area is 69.4 Å². The van der Waals surface area contributed by atoms with Crippen molar-refractivity contribution in [3.8, 4) is 0 Å². The lowest BCUT2D eigenvalue weighted by Gasteiger charge is -1.99. The van der Waals surface area contributed by atoms with Crippen molar-refractivity contribution >= 4 is 17.9 Å². The molecule has 0 aromatic heterocycles. The van der Waals surface area contributed by atoms with E-state index in [2.05, 4.69) is 0 Å². The zero-order valence-corrected chi connectivity index (χ0v) is 6.51. The van der Waals surface area contributed by atoms with Crippen LogP contribution in [0.15, 0.2) is 18.2 Å². The van der Waals surface area contributed by atoms with Crippen LogP contribution in [0.25, 0.3) is 0 Å². The first-order chi connectivity index (χ1) is 5.27. The minimum atomic E-state index is -0.158. The molecule has 0 aliphatic rings. The number of aliphatic hydroxyl groups is 1. The SMILES string of the molecule is O=Cc1ccc(Cl)cc1CO. The summed E-state index contributed by atoms with van der Waals surface area (Å²) in [4.78, 5) is 10.3. The molecule has 0 aliphatic heterocycles. The minimum Gasteiger partial charge on any atom is -0.392 e. The van der Waals surface area contributed by atoms with Gasteiger partial charge >= 0.3 is 0 Å². The van der Waals surface area contributed by atoms with Gasteiger partial charge in [0.2, 0.25) is 0 Å². The highest BCUT2D eigenvalue weighted by atomic mass is 35.5. The van der Waals surface area contributed by atoms with Gasteiger partial charge < -0.3 is 5.11 Å². The normalized spacial score (nSPS) is 9.64. The summed E-state index contributed by atoms with van der Waals surface area (Å²) in [5.41, 5.74) is 1.05. The Morgan fingerprint density at radius 2 is 2.27 bits per heavy atom. The molecule has 0 heterocycles. The van der Waals surface area contributed by atoms with Crippen molar-refractivity contribution in [2.24, 2.45) is 0 Å². The maximum Gasteiger partial charge on any atom is 0.150 e. The van der Waals surface area contributed by atoms with Crippen LogP contribution in [0.4, 0.5) is 0 Å². The zero-order chi connectivity index (χ0) is 8.27. The van der Waals surface area contributed by atoms with E-state index in [-0.39, 0.29) is 6.61 Å². The molecule has 0 unspecified atom stereocenters. The molecule has 11 heavy (non-hydrogen) atoms. The van der Waals surface area contributed by atoms with E-state index in [1.807, 2.05) is 0 Å². The third-order valence-electron chi connectivity index (χ3n) is 1.40. The van der Waals surface area contributed by atoms with Crippen LogP contribution in [0.3, 0.4) is 0 Å². The molecule has 0 atom stereocenters. The monoisotopic (exact) mass is 170 g/mol. The number of aliphatic hydroxyl groups excluding tert-OH is 1. The summed E-state index contributed by atoms with van der Waals surface area (Å²) in [6.07, 6.45) is 0.696. The fraction of sp³-hybridized carbons (Fsp3) is 0.125. The third kappa shape index (κ3) is 1.79. The molecule has 0 fully saturated rings. The smallest absolute Gasteiger partial charge is 0.150 e. The summed E-state index contributed by atoms with van der Waals surface area (Å²) >= 11 is 5.63. The van der Waals surface area contributed by atoms with Gasteiger partial charge in [-0.3, -0.25) is 4.79 Å². The molecule has 0 bridgehead atoms. The summed E-state index contributed by atoms with van der Waals surface area (Å²) in [5.74, 6) is 0. The van der Waals surface area contributed by atoms with Gasteiger partial charge in [-0.25, -0.2) is 0 Å². The second-order valence-corrected chi connectivity index (χ2v) is 2.56. The summed E-state index contributed by atoms with van der Waals surface area (Å²) in [7, 11) is 0. The van der Waals surface area contributed by atoms with Gasteiger partial charge in [0.05, 0.1) is 6.61 Å². The van der Waals surface area contributed by atoms with E-state index >= 15 is 0 Å². The van der Waals surface area contributed by atoms with E-state index in [0.29, 0.717) is 22.4 Å². The molecule has 0 saturated carbocycles. The maximum absolute atomic E-state index is 10.3. The van der Waals surface area contributed by atoms with Crippen molar-refractivity contribution in [1.82, 2.24) is 0 Å². The fourth-order valence-corrected chi connectivity index (χ4v) is 1.02. The van der Waals surface area contributed by atoms with E-state index in [9.17, 15) is 4.79 Å². The molecule has 0 radical (unpaired) electrons. The van der Waals surface area contributed by atoms with Crippen LogP contribution in [-0.4, -0.2) is 11.4 Å². The van der Waals surface area contributed by atoms with Gasteiger partial charge in [0, 0.05) is 10.6 Å². The molecule has 0 spiro atoms. The predicted octanol–water partition coefficient (Wildman–Crippen LogP) is 1.64. The lowest BCUT2D eigenvalue weighted by Crippen LogP contribution is -1.91. The Kier molecular flexibility index (Phi) is 2.63. The van der Waals surface area contributed by atoms with E-state index in [4.69, 9.17) is 16.7 Å². The molecule has 1 aromatic rings. The van der Waals surface area contributed by atoms with Gasteiger partial charge in [-0.05, 0) is 23.8 Å². The van der Waals surface area contributed by atoms with Gasteiger partial charge in [-0.15, -0.1) is 0 Å². The number of hydrogen-bond acceptors (Lipinski definition) is 2. The number of benzene rings is 1. The van der Waals surface area contributed by atoms with Crippen LogP contribution in [0.2, 0.25) is 5.02 Å². The number of aldehydes is 1. The van der Waals surface area contributed by atoms with E-state index in [1.54, 1.807) is 18.2 Å². The Balaban J connectivity index is 3.16. The highest BCUT2D eigenvalue weighted by molar-refractivity contribution is 6.30. The van der Waals surface area contributed by atoms with Crippen molar-refractivity contribution in [2.45, 2.75) is 6.61 Å². The molecule has 1 N–H and O–H groups in total. The summed E-state index contributed by atoms with van der Waals surface area (Å²) in [6.45, 7) is -0.158. The first kappa shape index (κ1) is 8.24. The van der Waals surface area contributed by atoms with Crippen molar-refractivity contribution in [1.29, 1.82) is 0 Å². The van der Waals surface area contributed by atoms with Crippen LogP contribution in [0.1, 0.15) is 15.9 Å². The minimum absolute atomic E-state index is 0.158. The van der Waals surface area contributed by atoms with Gasteiger partial charge in [-0.2, -0.15) is 0 Å². The van der Waals surface area contributed by atoms with Crippen LogP contribution in [-0.2, 0) is 6.61 Å². The summed E-state index contributed by atoms with van der Waals surface area (Å²) < 4.78 is 0. The topological polar surface area (TPSA) is 37.3 Å². The Morgan fingerprint density at radius 1 is 1.55 bits per heavy atom. The highest BCUT2D eigenvalue weighted by Gasteiger charge is 1.99. The van der Waals surface area contributed by atoms with Crippen molar-refractivity contribution < 1.29 is 9.90 Å². The van der Waals surface area contributed by atoms with Gasteiger partial charge in [0.15, 0.2) is 0 Å². The first-order valence-electron chi connectivity index (χ1n) is 3.12. The largest absolute Gasteiger partial charge is 0.392 e. The molecule has 0 aliphatic carbocycles. The number of carbonyl (C=O) groups excluding carboxylic acids is 1. The molecule has 2 nitrogen and oxygen atoms in total. The average molecular weight is 171 g/mol. The van der Waals surface area contributed by atoms with Crippen LogP contribution >= 0.6 is 11.6 Å². The van der Waals surface area contributed by atoms with Crippen molar-refractivity contribution in [3.05, 3.63) is 34.3 Å². The predicted molar refractivity (Wildman–Crippen MR) is 42.8 cm³/mol. The molecule has 0 amide bonds. The van der Waals surface area contributed by atoms with E-state index in [1.165, 1.54) is 0 Å². The van der Waals surface area contributed by atoms with Crippen LogP contribution in [0, 0.1) is 0 Å². The van der Waals surface area contributed by atoms with E-state index in [0.717, 1.165) is 0 Å². The molecule has 1 rings (SSSR count). The number of hydrogen-bond donors (Lipinski definition) is 1. The van der Waals surface area contributed by atoms with Crippen molar-refractivity contribution in [2.75, 3.05) is 0 Å². The standard InChI is InChI=1S/C8H7ClO2/c9-8-2-1-6(4-10)7(3-8)5-11/h1-4,11H,5H2. The fourth-order valence-electron chi connectivity index (χ4n) is 0.826. The van der Waals surface area contributed by atoms with Crippen LogP contribution < -0.4 is 0 Å². The maximum atomic E-state index is 10.3. The molecule has 1 aromatic carbocycles. The quantitative estimate of drug-likeness (QED) is 0.686. The number of rotatable bonds is 2. The molecule has 0 saturated heterocycles. The lowest BCUT2D eigenvalue weighted by molar-refractivity contribution is 0.112. The summed E-state index contributed by atoms with van der Waals surface area (Å²) in [5, 5.41) is 9.28. The second-order valence-electron chi connectivity index (χ2n) is 2.12. The number of halogens is 1. The Hall–Kier alpha value is -0.860. The average Bonchev–Trinajstić information content (AvgIpc) is 2.04. The van der Waals surface area contributed by atoms with E-state index < -0.39 is 0 Å². The van der Waals surface area contributed by atoms with Gasteiger partial charge in [0.25, 0.3) is 0 Å². The number of carbonyl (C=O) groups is 1. The Bertz CT molecular complexity index is 271. The highest BCUT2D eigenvalue weighted by Crippen LogP contribution is 2.14. The molecular formula is C8H7ClO2. The lowest BCUT2D eigenvalue weighted by atomic mass is 10.1. The van der Waals surface area contributed by atoms with Gasteiger partial charge in [0.1, 0.15) is 6.29 Å². The third-order valence-corrected chi connectivity index (χ3v) is 1.64. The Morgan fingerprint density at radius 3 is 2.82 bits per heavy atom. The second kappa shape index (κ2) is 3.51. The zero-order valence-electron chi connectivity index (χ0n) is 5.75. The molecule has 3 heteroatoms. The summed E-state index contributed by atoms with van der Waals surface area (Å²) in [6, 6.07) is 4.77. The van der Waals surface area contributed by atoms with Gasteiger partial charge in [-0.1, -0.05) is 11.6 Å². The molecular weight excluding hydrogens is 164 g/mol. The van der Waals surface area contributed by atoms with Crippen molar-refractivity contribution in [3.63, 3.8) is 0 Å². The van der Waals surface area contributed by atoms with Crippen LogP contribution in [0.5, 0.6) is 0 Å². The first-order valence-corrected chi connectivity index (χ1v) is 3.50. The molecule has 58 valence electrons.